The van der Waals surface area contributed by atoms with E-state index >= 15 is 0 Å². The fraction of sp³-hybridized carbons (Fsp3) is 0.364. The van der Waals surface area contributed by atoms with Crippen LogP contribution in [0.3, 0.4) is 0 Å². The van der Waals surface area contributed by atoms with Crippen molar-refractivity contribution in [1.82, 2.24) is 4.31 Å². The molecule has 0 saturated heterocycles. The Morgan fingerprint density at radius 1 is 1.47 bits per heavy atom. The maximum absolute atomic E-state index is 13.0. The average molecular weight is 309 g/mol. The van der Waals surface area contributed by atoms with Gasteiger partial charge in [0.1, 0.15) is 5.82 Å². The van der Waals surface area contributed by atoms with Gasteiger partial charge < -0.3 is 5.73 Å². The van der Waals surface area contributed by atoms with Gasteiger partial charge >= 0.3 is 0 Å². The summed E-state index contributed by atoms with van der Waals surface area (Å²) >= 11 is 5.56. The van der Waals surface area contributed by atoms with Gasteiger partial charge in [0, 0.05) is 6.04 Å². The van der Waals surface area contributed by atoms with Crippen LogP contribution in [0.1, 0.15) is 13.8 Å². The van der Waals surface area contributed by atoms with Crippen LogP contribution < -0.4 is 5.73 Å². The van der Waals surface area contributed by atoms with Crippen LogP contribution in [-0.4, -0.2) is 31.2 Å². The maximum Gasteiger partial charge on any atom is 0.243 e. The molecule has 8 heteroatoms. The Morgan fingerprint density at radius 3 is 2.47 bits per heavy atom. The van der Waals surface area contributed by atoms with Gasteiger partial charge in [-0.15, -0.1) is 0 Å². The number of rotatable bonds is 5. The predicted molar refractivity (Wildman–Crippen MR) is 69.6 cm³/mol. The van der Waals surface area contributed by atoms with E-state index in [0.717, 1.165) is 22.5 Å². The first-order chi connectivity index (χ1) is 8.66. The minimum Gasteiger partial charge on any atom is -0.369 e. The summed E-state index contributed by atoms with van der Waals surface area (Å²) in [5.41, 5.74) is 5.03. The summed E-state index contributed by atoms with van der Waals surface area (Å²) in [6.45, 7) is 2.76. The number of primary amides is 1. The third-order valence-corrected chi connectivity index (χ3v) is 4.69. The van der Waals surface area contributed by atoms with Crippen LogP contribution in [-0.2, 0) is 14.8 Å². The first-order valence-electron chi connectivity index (χ1n) is 5.41. The highest BCUT2D eigenvalue weighted by Crippen LogP contribution is 2.23. The molecule has 0 aromatic heterocycles. The number of carbonyl (C=O) groups is 1. The smallest absolute Gasteiger partial charge is 0.243 e. The average Bonchev–Trinajstić information content (AvgIpc) is 2.28. The van der Waals surface area contributed by atoms with Gasteiger partial charge in [-0.05, 0) is 32.0 Å². The van der Waals surface area contributed by atoms with Crippen LogP contribution >= 0.6 is 11.6 Å². The van der Waals surface area contributed by atoms with Gasteiger partial charge in [0.15, 0.2) is 0 Å². The monoisotopic (exact) mass is 308 g/mol. The van der Waals surface area contributed by atoms with Crippen LogP contribution in [0.5, 0.6) is 0 Å². The molecule has 5 nitrogen and oxygen atoms in total. The molecule has 0 aliphatic carbocycles. The first kappa shape index (κ1) is 15.9. The molecule has 19 heavy (non-hydrogen) atoms. The molecule has 2 N–H and O–H groups in total. The Labute approximate surface area is 116 Å². The lowest BCUT2D eigenvalue weighted by atomic mass is 10.3. The van der Waals surface area contributed by atoms with Gasteiger partial charge in [-0.1, -0.05) is 11.6 Å². The van der Waals surface area contributed by atoms with Gasteiger partial charge in [-0.3, -0.25) is 4.79 Å². The number of benzene rings is 1. The van der Waals surface area contributed by atoms with E-state index in [4.69, 9.17) is 17.3 Å². The molecule has 0 atom stereocenters. The molecule has 1 aromatic carbocycles. The maximum atomic E-state index is 13.0. The molecule has 0 heterocycles. The molecule has 1 amide bonds. The van der Waals surface area contributed by atoms with Crippen LogP contribution in [0.2, 0.25) is 5.02 Å². The normalized spacial score (nSPS) is 12.1. The Kier molecular flexibility index (Phi) is 4.89. The summed E-state index contributed by atoms with van der Waals surface area (Å²) in [4.78, 5) is 10.8. The lowest BCUT2D eigenvalue weighted by Crippen LogP contribution is -2.42. The molecule has 0 aliphatic rings. The summed E-state index contributed by atoms with van der Waals surface area (Å²) in [6.07, 6.45) is 0. The lowest BCUT2D eigenvalue weighted by molar-refractivity contribution is -0.118. The quantitative estimate of drug-likeness (QED) is 0.892. The van der Waals surface area contributed by atoms with E-state index in [-0.39, 0.29) is 9.92 Å². The van der Waals surface area contributed by atoms with Crippen LogP contribution in [0.4, 0.5) is 4.39 Å². The van der Waals surface area contributed by atoms with Gasteiger partial charge in [-0.25, -0.2) is 12.8 Å². The molecule has 0 aliphatic heterocycles. The topological polar surface area (TPSA) is 80.5 Å². The molecule has 1 rings (SSSR count). The van der Waals surface area contributed by atoms with Gasteiger partial charge in [0.25, 0.3) is 0 Å². The molecular weight excluding hydrogens is 295 g/mol. The molecule has 0 bridgehead atoms. The van der Waals surface area contributed by atoms with Crippen molar-refractivity contribution in [2.45, 2.75) is 24.8 Å². The Hall–Kier alpha value is -1.18. The molecule has 0 saturated carbocycles. The third-order valence-electron chi connectivity index (χ3n) is 2.39. The van der Waals surface area contributed by atoms with Crippen molar-refractivity contribution in [1.29, 1.82) is 0 Å². The third kappa shape index (κ3) is 3.65. The van der Waals surface area contributed by atoms with Crippen molar-refractivity contribution < 1.29 is 17.6 Å². The molecule has 1 aromatic rings. The minimum atomic E-state index is -3.95. The number of amides is 1. The molecule has 0 unspecified atom stereocenters. The van der Waals surface area contributed by atoms with Crippen molar-refractivity contribution in [3.63, 3.8) is 0 Å². The standard InChI is InChI=1S/C11H14ClFN2O3S/c1-7(2)15(6-11(14)16)19(17,18)8-3-4-10(13)9(12)5-8/h3-5,7H,6H2,1-2H3,(H2,14,16). The number of halogens is 2. The van der Waals surface area contributed by atoms with Crippen molar-refractivity contribution in [3.05, 3.63) is 29.0 Å². The van der Waals surface area contributed by atoms with Crippen molar-refractivity contribution in [3.8, 4) is 0 Å². The largest absolute Gasteiger partial charge is 0.369 e. The van der Waals surface area contributed by atoms with E-state index in [0.29, 0.717) is 0 Å². The van der Waals surface area contributed by atoms with E-state index in [1.165, 1.54) is 0 Å². The van der Waals surface area contributed by atoms with E-state index in [1.807, 2.05) is 0 Å². The van der Waals surface area contributed by atoms with Crippen LogP contribution in [0.25, 0.3) is 0 Å². The Morgan fingerprint density at radius 2 is 2.05 bits per heavy atom. The second kappa shape index (κ2) is 5.85. The van der Waals surface area contributed by atoms with Crippen molar-refractivity contribution in [2.75, 3.05) is 6.54 Å². The van der Waals surface area contributed by atoms with Gasteiger partial charge in [0.2, 0.25) is 15.9 Å². The molecule has 0 spiro atoms. The lowest BCUT2D eigenvalue weighted by Gasteiger charge is -2.24. The van der Waals surface area contributed by atoms with E-state index in [9.17, 15) is 17.6 Å². The Bertz CT molecular complexity index is 590. The summed E-state index contributed by atoms with van der Waals surface area (Å²) in [7, 11) is -3.95. The minimum absolute atomic E-state index is 0.186. The van der Waals surface area contributed by atoms with E-state index in [1.54, 1.807) is 13.8 Å². The fourth-order valence-electron chi connectivity index (χ4n) is 1.47. The number of sulfonamides is 1. The SMILES string of the molecule is CC(C)N(CC(N)=O)S(=O)(=O)c1ccc(F)c(Cl)c1. The van der Waals surface area contributed by atoms with Crippen molar-refractivity contribution in [2.24, 2.45) is 5.73 Å². The highest BCUT2D eigenvalue weighted by atomic mass is 35.5. The summed E-state index contributed by atoms with van der Waals surface area (Å²) < 4.78 is 38.6. The summed E-state index contributed by atoms with van der Waals surface area (Å²) in [5, 5.41) is -0.302. The second-order valence-corrected chi connectivity index (χ2v) is 6.48. The zero-order valence-corrected chi connectivity index (χ0v) is 12.0. The molecule has 0 radical (unpaired) electrons. The van der Waals surface area contributed by atoms with E-state index in [2.05, 4.69) is 0 Å². The van der Waals surface area contributed by atoms with Gasteiger partial charge in [0.05, 0.1) is 16.5 Å². The number of carbonyl (C=O) groups excluding carboxylic acids is 1. The van der Waals surface area contributed by atoms with Crippen molar-refractivity contribution >= 4 is 27.5 Å². The van der Waals surface area contributed by atoms with Gasteiger partial charge in [-0.2, -0.15) is 4.31 Å². The molecule has 106 valence electrons. The second-order valence-electron chi connectivity index (χ2n) is 4.19. The summed E-state index contributed by atoms with van der Waals surface area (Å²) in [6, 6.07) is 2.58. The van der Waals surface area contributed by atoms with Crippen LogP contribution in [0.15, 0.2) is 23.1 Å². The van der Waals surface area contributed by atoms with E-state index < -0.39 is 34.3 Å². The summed E-state index contributed by atoms with van der Waals surface area (Å²) in [5.74, 6) is -1.49. The Balaban J connectivity index is 3.26. The number of hydrogen-bond acceptors (Lipinski definition) is 3. The number of nitrogens with two attached hydrogens (primary N) is 1. The fourth-order valence-corrected chi connectivity index (χ4v) is 3.35. The zero-order chi connectivity index (χ0) is 14.8. The highest BCUT2D eigenvalue weighted by molar-refractivity contribution is 7.89. The molecular formula is C11H14ClFN2O3S. The highest BCUT2D eigenvalue weighted by Gasteiger charge is 2.28. The number of nitrogens with zero attached hydrogens (tertiary/aromatic N) is 1. The predicted octanol–water partition coefficient (Wildman–Crippen LogP) is 1.36. The molecule has 0 fully saturated rings. The number of hydrogen-bond donors (Lipinski definition) is 1. The van der Waals surface area contributed by atoms with Crippen LogP contribution in [0, 0.1) is 5.82 Å². The zero-order valence-electron chi connectivity index (χ0n) is 10.4. The first-order valence-corrected chi connectivity index (χ1v) is 7.23.